The fourth-order valence-corrected chi connectivity index (χ4v) is 2.64. The predicted octanol–water partition coefficient (Wildman–Crippen LogP) is 3.81. The summed E-state index contributed by atoms with van der Waals surface area (Å²) in [6, 6.07) is 6.94. The van der Waals surface area contributed by atoms with Crippen LogP contribution in [0.3, 0.4) is 0 Å². The van der Waals surface area contributed by atoms with Gasteiger partial charge in [-0.05, 0) is 43.9 Å². The van der Waals surface area contributed by atoms with E-state index in [-0.39, 0.29) is 12.5 Å². The number of nitrogens with one attached hydrogen (secondary N) is 1. The Morgan fingerprint density at radius 1 is 1.55 bits per heavy atom. The van der Waals surface area contributed by atoms with Crippen LogP contribution < -0.4 is 10.2 Å². The Bertz CT molecular complexity index is 584. The monoisotopic (exact) mass is 320 g/mol. The summed E-state index contributed by atoms with van der Waals surface area (Å²) in [4.78, 5) is 11.7. The van der Waals surface area contributed by atoms with Crippen molar-refractivity contribution >= 4 is 23.7 Å². The van der Waals surface area contributed by atoms with Gasteiger partial charge in [0.2, 0.25) is 0 Å². The van der Waals surface area contributed by atoms with Gasteiger partial charge in [-0.3, -0.25) is 4.79 Å². The smallest absolute Gasteiger partial charge is 0.277 e. The van der Waals surface area contributed by atoms with Gasteiger partial charge in [0.15, 0.2) is 6.61 Å². The molecule has 0 saturated heterocycles. The standard InChI is InChI=1S/C17H21ClN2O2/c1-12-6-7-14(13(2)8-12)10-19-20-17(21)11-22-16-5-3-4-15(18)9-16/h3-6,9-10,13-14H,7-8,11H2,1-2H3,(H,20,21)/b19-10-/t13-,14+/m0/s1. The van der Waals surface area contributed by atoms with Gasteiger partial charge >= 0.3 is 0 Å². The van der Waals surface area contributed by atoms with E-state index in [4.69, 9.17) is 16.3 Å². The van der Waals surface area contributed by atoms with Crippen molar-refractivity contribution in [2.24, 2.45) is 16.9 Å². The van der Waals surface area contributed by atoms with Crippen molar-refractivity contribution in [3.63, 3.8) is 0 Å². The number of allylic oxidation sites excluding steroid dienone is 2. The van der Waals surface area contributed by atoms with Crippen LogP contribution in [0.15, 0.2) is 41.0 Å². The second kappa shape index (κ2) is 7.99. The lowest BCUT2D eigenvalue weighted by molar-refractivity contribution is -0.123. The first-order valence-corrected chi connectivity index (χ1v) is 7.78. The van der Waals surface area contributed by atoms with Crippen LogP contribution in [-0.4, -0.2) is 18.7 Å². The summed E-state index contributed by atoms with van der Waals surface area (Å²) in [7, 11) is 0. The molecule has 22 heavy (non-hydrogen) atoms. The molecule has 4 nitrogen and oxygen atoms in total. The zero-order valence-electron chi connectivity index (χ0n) is 12.9. The van der Waals surface area contributed by atoms with E-state index in [9.17, 15) is 4.79 Å². The Kier molecular flexibility index (Phi) is 6.01. The first kappa shape index (κ1) is 16.6. The Labute approximate surface area is 136 Å². The van der Waals surface area contributed by atoms with Crippen LogP contribution in [0.5, 0.6) is 5.75 Å². The molecule has 0 spiro atoms. The molecule has 0 heterocycles. The SMILES string of the molecule is CC1=CC[C@H](/C=N\NC(=O)COc2cccc(Cl)c2)[C@@H](C)C1. The molecule has 118 valence electrons. The molecule has 1 aliphatic rings. The van der Waals surface area contributed by atoms with Gasteiger partial charge < -0.3 is 4.74 Å². The van der Waals surface area contributed by atoms with E-state index in [1.807, 2.05) is 6.21 Å². The molecule has 1 aromatic rings. The third-order valence-corrected chi connectivity index (χ3v) is 3.97. The molecule has 5 heteroatoms. The zero-order valence-corrected chi connectivity index (χ0v) is 13.6. The maximum atomic E-state index is 11.7. The van der Waals surface area contributed by atoms with E-state index in [2.05, 4.69) is 30.5 Å². The predicted molar refractivity (Wildman–Crippen MR) is 89.2 cm³/mol. The van der Waals surface area contributed by atoms with Crippen molar-refractivity contribution < 1.29 is 9.53 Å². The van der Waals surface area contributed by atoms with Crippen molar-refractivity contribution in [2.45, 2.75) is 26.7 Å². The summed E-state index contributed by atoms with van der Waals surface area (Å²) in [5, 5.41) is 4.61. The van der Waals surface area contributed by atoms with Crippen LogP contribution in [0.1, 0.15) is 26.7 Å². The summed E-state index contributed by atoms with van der Waals surface area (Å²) in [5.74, 6) is 1.20. The second-order valence-corrected chi connectivity index (χ2v) is 6.13. The van der Waals surface area contributed by atoms with Crippen molar-refractivity contribution in [3.8, 4) is 5.75 Å². The molecule has 2 atom stereocenters. The maximum absolute atomic E-state index is 11.7. The minimum atomic E-state index is -0.286. The number of benzene rings is 1. The average molecular weight is 321 g/mol. The van der Waals surface area contributed by atoms with Crippen molar-refractivity contribution in [1.29, 1.82) is 0 Å². The van der Waals surface area contributed by atoms with Crippen molar-refractivity contribution in [1.82, 2.24) is 5.43 Å². The zero-order chi connectivity index (χ0) is 15.9. The van der Waals surface area contributed by atoms with Crippen LogP contribution in [0.25, 0.3) is 0 Å². The number of nitrogens with zero attached hydrogens (tertiary/aromatic N) is 1. The summed E-state index contributed by atoms with van der Waals surface area (Å²) in [6.07, 6.45) is 6.12. The van der Waals surface area contributed by atoms with Crippen molar-refractivity contribution in [2.75, 3.05) is 6.61 Å². The van der Waals surface area contributed by atoms with Gasteiger partial charge in [0, 0.05) is 17.2 Å². The van der Waals surface area contributed by atoms with Gasteiger partial charge in [0.25, 0.3) is 5.91 Å². The molecular formula is C17H21ClN2O2. The number of hydrazone groups is 1. The number of hydrogen-bond acceptors (Lipinski definition) is 3. The van der Waals surface area contributed by atoms with Crippen LogP contribution in [0.2, 0.25) is 5.02 Å². The lowest BCUT2D eigenvalue weighted by atomic mass is 9.82. The summed E-state index contributed by atoms with van der Waals surface area (Å²) < 4.78 is 5.35. The third kappa shape index (κ3) is 5.19. The molecule has 0 unspecified atom stereocenters. The highest BCUT2D eigenvalue weighted by atomic mass is 35.5. The van der Waals surface area contributed by atoms with Crippen LogP contribution in [0, 0.1) is 11.8 Å². The van der Waals surface area contributed by atoms with Crippen molar-refractivity contribution in [3.05, 3.63) is 40.9 Å². The van der Waals surface area contributed by atoms with E-state index >= 15 is 0 Å². The van der Waals surface area contributed by atoms with E-state index in [0.29, 0.717) is 22.6 Å². The number of amides is 1. The first-order chi connectivity index (χ1) is 10.5. The molecule has 1 aromatic carbocycles. The largest absolute Gasteiger partial charge is 0.484 e. The molecule has 1 amide bonds. The van der Waals surface area contributed by atoms with E-state index in [1.165, 1.54) is 5.57 Å². The minimum absolute atomic E-state index is 0.0864. The minimum Gasteiger partial charge on any atom is -0.484 e. The highest BCUT2D eigenvalue weighted by Crippen LogP contribution is 2.27. The molecule has 0 fully saturated rings. The summed E-state index contributed by atoms with van der Waals surface area (Å²) in [5.41, 5.74) is 3.93. The molecule has 1 aliphatic carbocycles. The van der Waals surface area contributed by atoms with E-state index < -0.39 is 0 Å². The van der Waals surface area contributed by atoms with Crippen LogP contribution in [-0.2, 0) is 4.79 Å². The van der Waals surface area contributed by atoms with E-state index in [1.54, 1.807) is 24.3 Å². The van der Waals surface area contributed by atoms with Gasteiger partial charge in [-0.2, -0.15) is 5.10 Å². The quantitative estimate of drug-likeness (QED) is 0.509. The lowest BCUT2D eigenvalue weighted by Gasteiger charge is -2.24. The lowest BCUT2D eigenvalue weighted by Crippen LogP contribution is -2.26. The second-order valence-electron chi connectivity index (χ2n) is 5.69. The first-order valence-electron chi connectivity index (χ1n) is 7.40. The molecule has 2 rings (SSSR count). The molecule has 0 aromatic heterocycles. The Morgan fingerprint density at radius 3 is 3.09 bits per heavy atom. The fourth-order valence-electron chi connectivity index (χ4n) is 2.46. The summed E-state index contributed by atoms with van der Waals surface area (Å²) in [6.45, 7) is 4.27. The molecule has 1 N–H and O–H groups in total. The average Bonchev–Trinajstić information content (AvgIpc) is 2.47. The van der Waals surface area contributed by atoms with E-state index in [0.717, 1.165) is 12.8 Å². The highest BCUT2D eigenvalue weighted by Gasteiger charge is 2.18. The maximum Gasteiger partial charge on any atom is 0.277 e. The number of carbonyl (C=O) groups is 1. The van der Waals surface area contributed by atoms with Gasteiger partial charge in [0.1, 0.15) is 5.75 Å². The number of rotatable bonds is 5. The van der Waals surface area contributed by atoms with Crippen LogP contribution >= 0.6 is 11.6 Å². The molecule has 0 aliphatic heterocycles. The number of hydrogen-bond donors (Lipinski definition) is 1. The Balaban J connectivity index is 1.74. The number of halogens is 1. The highest BCUT2D eigenvalue weighted by molar-refractivity contribution is 6.30. The molecule has 0 bridgehead atoms. The third-order valence-electron chi connectivity index (χ3n) is 3.73. The van der Waals surface area contributed by atoms with Gasteiger partial charge in [-0.1, -0.05) is 36.2 Å². The van der Waals surface area contributed by atoms with Gasteiger partial charge in [0.05, 0.1) is 0 Å². The molecular weight excluding hydrogens is 300 g/mol. The Hall–Kier alpha value is -1.81. The molecule has 0 radical (unpaired) electrons. The number of ether oxygens (including phenoxy) is 1. The summed E-state index contributed by atoms with van der Waals surface area (Å²) >= 11 is 5.84. The van der Waals surface area contributed by atoms with Crippen LogP contribution in [0.4, 0.5) is 0 Å². The molecule has 0 saturated carbocycles. The normalized spacial score (nSPS) is 21.5. The van der Waals surface area contributed by atoms with Gasteiger partial charge in [-0.15, -0.1) is 0 Å². The number of carbonyl (C=O) groups excluding carboxylic acids is 1. The fraction of sp³-hybridized carbons (Fsp3) is 0.412. The Morgan fingerprint density at radius 2 is 2.36 bits per heavy atom. The van der Waals surface area contributed by atoms with Gasteiger partial charge in [-0.25, -0.2) is 5.43 Å². The topological polar surface area (TPSA) is 50.7 Å².